The van der Waals surface area contributed by atoms with E-state index in [-0.39, 0.29) is 0 Å². The summed E-state index contributed by atoms with van der Waals surface area (Å²) in [6.45, 7) is 0. The summed E-state index contributed by atoms with van der Waals surface area (Å²) < 4.78 is 22.6. The second kappa shape index (κ2) is 8.46. The largest absolute Gasteiger partial charge is 0.497 e. The highest BCUT2D eigenvalue weighted by Crippen LogP contribution is 2.42. The molecule has 30 heavy (non-hydrogen) atoms. The normalized spacial score (nSPS) is 10.7. The first-order valence-corrected chi connectivity index (χ1v) is 9.94. The number of hydrogen-bond acceptors (Lipinski definition) is 8. The average Bonchev–Trinajstić information content (AvgIpc) is 3.24. The van der Waals surface area contributed by atoms with Gasteiger partial charge in [-0.25, -0.2) is 9.97 Å². The molecule has 0 aliphatic carbocycles. The van der Waals surface area contributed by atoms with Gasteiger partial charge in [0.15, 0.2) is 17.3 Å². The van der Waals surface area contributed by atoms with Crippen LogP contribution in [0.15, 0.2) is 48.8 Å². The van der Waals surface area contributed by atoms with Crippen molar-refractivity contribution in [2.45, 2.75) is 0 Å². The molecule has 0 radical (unpaired) electrons. The van der Waals surface area contributed by atoms with E-state index in [1.54, 1.807) is 46.1 Å². The van der Waals surface area contributed by atoms with Crippen molar-refractivity contribution in [2.75, 3.05) is 33.8 Å². The van der Waals surface area contributed by atoms with Gasteiger partial charge < -0.3 is 24.3 Å². The number of ether oxygens (including phenoxy) is 4. The van der Waals surface area contributed by atoms with Crippen LogP contribution in [-0.4, -0.2) is 38.4 Å². The Morgan fingerprint density at radius 3 is 2.27 bits per heavy atom. The van der Waals surface area contributed by atoms with E-state index < -0.39 is 0 Å². The molecule has 0 unspecified atom stereocenters. The molecule has 2 aromatic carbocycles. The van der Waals surface area contributed by atoms with Crippen LogP contribution in [0.5, 0.6) is 23.0 Å². The molecular formula is C22H21N3O4S. The quantitative estimate of drug-likeness (QED) is 0.441. The third-order valence-corrected chi connectivity index (χ3v) is 5.77. The molecule has 0 saturated heterocycles. The van der Waals surface area contributed by atoms with E-state index in [1.807, 2.05) is 36.4 Å². The summed E-state index contributed by atoms with van der Waals surface area (Å²) in [5.74, 6) is 3.18. The SMILES string of the molecule is COc1cccc(-c2cc3ncnc(Nc4cc(OC)c(OC)c(OC)c4)c3s2)c1. The van der Waals surface area contributed by atoms with Gasteiger partial charge in [0.25, 0.3) is 0 Å². The van der Waals surface area contributed by atoms with E-state index in [4.69, 9.17) is 18.9 Å². The Bertz CT molecular complexity index is 1170. The predicted octanol–water partition coefficient (Wildman–Crippen LogP) is 5.14. The third-order valence-electron chi connectivity index (χ3n) is 4.59. The van der Waals surface area contributed by atoms with Crippen LogP contribution < -0.4 is 24.3 Å². The molecule has 0 atom stereocenters. The van der Waals surface area contributed by atoms with Crippen molar-refractivity contribution < 1.29 is 18.9 Å². The summed E-state index contributed by atoms with van der Waals surface area (Å²) in [6, 6.07) is 13.7. The number of benzene rings is 2. The molecule has 0 aliphatic heterocycles. The number of nitrogens with zero attached hydrogens (tertiary/aromatic N) is 2. The van der Waals surface area contributed by atoms with E-state index in [0.29, 0.717) is 23.1 Å². The van der Waals surface area contributed by atoms with E-state index in [0.717, 1.165) is 32.1 Å². The summed E-state index contributed by atoms with van der Waals surface area (Å²) in [5.41, 5.74) is 2.69. The number of aromatic nitrogens is 2. The lowest BCUT2D eigenvalue weighted by atomic mass is 10.2. The molecule has 0 spiro atoms. The zero-order chi connectivity index (χ0) is 21.1. The van der Waals surface area contributed by atoms with Gasteiger partial charge in [0.2, 0.25) is 5.75 Å². The van der Waals surface area contributed by atoms with E-state index >= 15 is 0 Å². The molecule has 0 saturated carbocycles. The Morgan fingerprint density at radius 1 is 0.833 bits per heavy atom. The number of rotatable bonds is 7. The zero-order valence-corrected chi connectivity index (χ0v) is 17.9. The fraction of sp³-hybridized carbons (Fsp3) is 0.182. The molecule has 1 N–H and O–H groups in total. The minimum atomic E-state index is 0.537. The van der Waals surface area contributed by atoms with Crippen molar-refractivity contribution in [1.29, 1.82) is 0 Å². The summed E-state index contributed by atoms with van der Waals surface area (Å²) in [7, 11) is 6.41. The summed E-state index contributed by atoms with van der Waals surface area (Å²) in [6.07, 6.45) is 1.55. The molecule has 8 heteroatoms. The summed E-state index contributed by atoms with van der Waals surface area (Å²) in [5, 5.41) is 3.35. The second-order valence-corrected chi connectivity index (χ2v) is 7.37. The van der Waals surface area contributed by atoms with Gasteiger partial charge in [-0.1, -0.05) is 12.1 Å². The average molecular weight is 423 g/mol. The van der Waals surface area contributed by atoms with E-state index in [9.17, 15) is 0 Å². The van der Waals surface area contributed by atoms with Crippen LogP contribution in [0.3, 0.4) is 0 Å². The molecule has 154 valence electrons. The van der Waals surface area contributed by atoms with Gasteiger partial charge in [-0.05, 0) is 23.8 Å². The molecule has 0 fully saturated rings. The Morgan fingerprint density at radius 2 is 1.60 bits per heavy atom. The minimum Gasteiger partial charge on any atom is -0.497 e. The first-order valence-electron chi connectivity index (χ1n) is 9.12. The first-order chi connectivity index (χ1) is 14.7. The summed E-state index contributed by atoms with van der Waals surface area (Å²) >= 11 is 1.61. The van der Waals surface area contributed by atoms with Crippen LogP contribution >= 0.6 is 11.3 Å². The Hall–Kier alpha value is -3.52. The van der Waals surface area contributed by atoms with Crippen LogP contribution in [0.2, 0.25) is 0 Å². The van der Waals surface area contributed by atoms with Crippen LogP contribution in [0.1, 0.15) is 0 Å². The van der Waals surface area contributed by atoms with E-state index in [1.165, 1.54) is 0 Å². The third kappa shape index (κ3) is 3.69. The molecule has 4 rings (SSSR count). The predicted molar refractivity (Wildman–Crippen MR) is 119 cm³/mol. The summed E-state index contributed by atoms with van der Waals surface area (Å²) in [4.78, 5) is 9.95. The fourth-order valence-corrected chi connectivity index (χ4v) is 4.20. The van der Waals surface area contributed by atoms with Gasteiger partial charge in [0, 0.05) is 22.7 Å². The highest BCUT2D eigenvalue weighted by atomic mass is 32.1. The van der Waals surface area contributed by atoms with Crippen molar-refractivity contribution in [2.24, 2.45) is 0 Å². The molecule has 7 nitrogen and oxygen atoms in total. The maximum absolute atomic E-state index is 5.44. The Balaban J connectivity index is 1.74. The molecule has 2 heterocycles. The Labute approximate surface area is 178 Å². The molecule has 0 aliphatic rings. The van der Waals surface area contributed by atoms with Crippen LogP contribution in [0, 0.1) is 0 Å². The molecule has 4 aromatic rings. The smallest absolute Gasteiger partial charge is 0.203 e. The van der Waals surface area contributed by atoms with Crippen molar-refractivity contribution in [3.05, 3.63) is 48.8 Å². The highest BCUT2D eigenvalue weighted by molar-refractivity contribution is 7.22. The topological polar surface area (TPSA) is 74.7 Å². The first kappa shape index (κ1) is 19.8. The monoisotopic (exact) mass is 423 g/mol. The Kier molecular flexibility index (Phi) is 5.58. The number of methoxy groups -OCH3 is 4. The lowest BCUT2D eigenvalue weighted by molar-refractivity contribution is 0.324. The van der Waals surface area contributed by atoms with Crippen molar-refractivity contribution in [1.82, 2.24) is 9.97 Å². The number of nitrogens with one attached hydrogen (secondary N) is 1. The van der Waals surface area contributed by atoms with Gasteiger partial charge in [-0.3, -0.25) is 0 Å². The van der Waals surface area contributed by atoms with Crippen molar-refractivity contribution in [3.8, 4) is 33.4 Å². The van der Waals surface area contributed by atoms with Crippen molar-refractivity contribution in [3.63, 3.8) is 0 Å². The van der Waals surface area contributed by atoms with Gasteiger partial charge in [-0.2, -0.15) is 0 Å². The number of anilines is 2. The lowest BCUT2D eigenvalue weighted by Crippen LogP contribution is -1.99. The highest BCUT2D eigenvalue weighted by Gasteiger charge is 2.16. The van der Waals surface area contributed by atoms with Gasteiger partial charge >= 0.3 is 0 Å². The number of fused-ring (bicyclic) bond motifs is 1. The molecule has 0 bridgehead atoms. The van der Waals surface area contributed by atoms with Crippen LogP contribution in [0.25, 0.3) is 20.7 Å². The molecule has 2 aromatic heterocycles. The zero-order valence-electron chi connectivity index (χ0n) is 17.1. The second-order valence-electron chi connectivity index (χ2n) is 6.32. The van der Waals surface area contributed by atoms with E-state index in [2.05, 4.69) is 21.4 Å². The van der Waals surface area contributed by atoms with Gasteiger partial charge in [-0.15, -0.1) is 11.3 Å². The maximum Gasteiger partial charge on any atom is 0.203 e. The molecule has 0 amide bonds. The minimum absolute atomic E-state index is 0.537. The number of thiophene rings is 1. The van der Waals surface area contributed by atoms with Gasteiger partial charge in [0.05, 0.1) is 38.7 Å². The fourth-order valence-electron chi connectivity index (χ4n) is 3.15. The lowest BCUT2D eigenvalue weighted by Gasteiger charge is -2.15. The maximum atomic E-state index is 5.44. The molecular weight excluding hydrogens is 402 g/mol. The van der Waals surface area contributed by atoms with Crippen molar-refractivity contribution >= 4 is 33.1 Å². The van der Waals surface area contributed by atoms with Crippen LogP contribution in [-0.2, 0) is 0 Å². The number of hydrogen-bond donors (Lipinski definition) is 1. The standard InChI is InChI=1S/C22H21N3O4S/c1-26-15-7-5-6-13(8-15)19-11-16-21(30-19)22(24-12-23-16)25-14-9-17(27-2)20(29-4)18(10-14)28-3/h5-12H,1-4H3,(H,23,24,25). The van der Waals surface area contributed by atoms with Gasteiger partial charge in [0.1, 0.15) is 12.1 Å². The van der Waals surface area contributed by atoms with Crippen LogP contribution in [0.4, 0.5) is 11.5 Å².